The molecular weight excluding hydrogens is 220 g/mol. The van der Waals surface area contributed by atoms with Crippen molar-refractivity contribution in [2.45, 2.75) is 25.9 Å². The summed E-state index contributed by atoms with van der Waals surface area (Å²) in [6.45, 7) is 2.15. The molecule has 0 fully saturated rings. The van der Waals surface area contributed by atoms with Gasteiger partial charge in [0.25, 0.3) is 0 Å². The summed E-state index contributed by atoms with van der Waals surface area (Å²) in [6, 6.07) is 7.47. The highest BCUT2D eigenvalue weighted by Gasteiger charge is 2.18. The second-order valence-electron chi connectivity index (χ2n) is 3.79. The Morgan fingerprint density at radius 2 is 2.00 bits per heavy atom. The van der Waals surface area contributed by atoms with Crippen LogP contribution in [0.1, 0.15) is 18.9 Å². The van der Waals surface area contributed by atoms with E-state index in [-0.39, 0.29) is 6.61 Å². The molecule has 94 valence electrons. The van der Waals surface area contributed by atoms with Crippen molar-refractivity contribution < 1.29 is 19.4 Å². The zero-order valence-electron chi connectivity index (χ0n) is 10.2. The lowest BCUT2D eigenvalue weighted by Gasteiger charge is -2.14. The van der Waals surface area contributed by atoms with Gasteiger partial charge in [0.15, 0.2) is 0 Å². The minimum Gasteiger partial charge on any atom is -0.478 e. The molecule has 0 saturated carbocycles. The molecule has 0 heterocycles. The number of aliphatic carboxylic acids is 1. The highest BCUT2D eigenvalue weighted by molar-refractivity contribution is 5.72. The van der Waals surface area contributed by atoms with Gasteiger partial charge in [-0.25, -0.2) is 4.79 Å². The Kier molecular flexibility index (Phi) is 5.49. The molecule has 0 aromatic heterocycles. The van der Waals surface area contributed by atoms with E-state index in [0.717, 1.165) is 12.8 Å². The van der Waals surface area contributed by atoms with Crippen LogP contribution in [0.4, 0.5) is 0 Å². The van der Waals surface area contributed by atoms with E-state index < -0.39 is 12.1 Å². The summed E-state index contributed by atoms with van der Waals surface area (Å²) in [5, 5.41) is 8.90. The zero-order chi connectivity index (χ0) is 12.7. The molecule has 0 aliphatic rings. The van der Waals surface area contributed by atoms with Gasteiger partial charge in [0.05, 0.1) is 6.61 Å². The number of carboxylic acid groups (broad SMARTS) is 1. The van der Waals surface area contributed by atoms with Crippen molar-refractivity contribution in [3.05, 3.63) is 29.8 Å². The van der Waals surface area contributed by atoms with Gasteiger partial charge in [0.1, 0.15) is 5.75 Å². The quantitative estimate of drug-likeness (QED) is 0.790. The second-order valence-corrected chi connectivity index (χ2v) is 3.79. The Hall–Kier alpha value is -1.55. The lowest BCUT2D eigenvalue weighted by molar-refractivity contribution is -0.147. The van der Waals surface area contributed by atoms with Crippen molar-refractivity contribution in [1.29, 1.82) is 0 Å². The summed E-state index contributed by atoms with van der Waals surface area (Å²) in [5.41, 5.74) is 1.22. The van der Waals surface area contributed by atoms with E-state index in [1.807, 2.05) is 12.1 Å². The SMILES string of the molecule is CCCc1ccc(OC(COC)C(=O)O)cc1. The average molecular weight is 238 g/mol. The lowest BCUT2D eigenvalue weighted by Crippen LogP contribution is -2.31. The molecule has 0 spiro atoms. The van der Waals surface area contributed by atoms with Crippen LogP contribution in [0.5, 0.6) is 5.75 Å². The third-order valence-electron chi connectivity index (χ3n) is 2.33. The van der Waals surface area contributed by atoms with Crippen LogP contribution in [0, 0.1) is 0 Å². The summed E-state index contributed by atoms with van der Waals surface area (Å²) in [6.07, 6.45) is 1.14. The highest BCUT2D eigenvalue weighted by Crippen LogP contribution is 2.15. The van der Waals surface area contributed by atoms with E-state index in [2.05, 4.69) is 6.92 Å². The van der Waals surface area contributed by atoms with E-state index >= 15 is 0 Å². The monoisotopic (exact) mass is 238 g/mol. The average Bonchev–Trinajstić information content (AvgIpc) is 2.31. The van der Waals surface area contributed by atoms with Crippen LogP contribution in [0.25, 0.3) is 0 Å². The number of benzene rings is 1. The maximum atomic E-state index is 10.9. The number of aryl methyl sites for hydroxylation is 1. The first kappa shape index (κ1) is 13.5. The van der Waals surface area contributed by atoms with Crippen LogP contribution in [-0.2, 0) is 16.0 Å². The Morgan fingerprint density at radius 1 is 1.35 bits per heavy atom. The van der Waals surface area contributed by atoms with E-state index in [1.165, 1.54) is 12.7 Å². The third kappa shape index (κ3) is 4.44. The largest absolute Gasteiger partial charge is 0.478 e. The molecule has 0 radical (unpaired) electrons. The minimum absolute atomic E-state index is 0.0338. The molecule has 1 unspecified atom stereocenters. The standard InChI is InChI=1S/C13H18O4/c1-3-4-10-5-7-11(8-6-10)17-12(9-16-2)13(14)15/h5-8,12H,3-4,9H2,1-2H3,(H,14,15). The van der Waals surface area contributed by atoms with E-state index in [1.54, 1.807) is 12.1 Å². The van der Waals surface area contributed by atoms with E-state index in [4.69, 9.17) is 14.6 Å². The predicted molar refractivity (Wildman–Crippen MR) is 64.4 cm³/mol. The number of hydrogen-bond donors (Lipinski definition) is 1. The fraction of sp³-hybridized carbons (Fsp3) is 0.462. The van der Waals surface area contributed by atoms with Gasteiger partial charge in [0.2, 0.25) is 6.10 Å². The summed E-state index contributed by atoms with van der Waals surface area (Å²) in [7, 11) is 1.45. The number of carbonyl (C=O) groups is 1. The first-order valence-electron chi connectivity index (χ1n) is 5.64. The smallest absolute Gasteiger partial charge is 0.347 e. The maximum Gasteiger partial charge on any atom is 0.347 e. The molecule has 17 heavy (non-hydrogen) atoms. The molecule has 1 atom stereocenters. The van der Waals surface area contributed by atoms with Gasteiger partial charge in [-0.15, -0.1) is 0 Å². The number of rotatable bonds is 7. The minimum atomic E-state index is -1.02. The van der Waals surface area contributed by atoms with Crippen LogP contribution < -0.4 is 4.74 Å². The maximum absolute atomic E-state index is 10.9. The molecule has 1 aromatic rings. The molecule has 1 rings (SSSR count). The molecule has 0 saturated heterocycles. The van der Waals surface area contributed by atoms with Crippen molar-refractivity contribution in [2.75, 3.05) is 13.7 Å². The van der Waals surface area contributed by atoms with Gasteiger partial charge < -0.3 is 14.6 Å². The Labute approximate surface area is 101 Å². The van der Waals surface area contributed by atoms with E-state index in [9.17, 15) is 4.79 Å². The second kappa shape index (κ2) is 6.91. The first-order chi connectivity index (χ1) is 8.17. The molecule has 4 nitrogen and oxygen atoms in total. The zero-order valence-corrected chi connectivity index (χ0v) is 10.2. The van der Waals surface area contributed by atoms with Gasteiger partial charge in [-0.3, -0.25) is 0 Å². The van der Waals surface area contributed by atoms with Crippen molar-refractivity contribution >= 4 is 5.97 Å². The van der Waals surface area contributed by atoms with Gasteiger partial charge in [-0.05, 0) is 24.1 Å². The first-order valence-corrected chi connectivity index (χ1v) is 5.64. The Balaban J connectivity index is 2.63. The Morgan fingerprint density at radius 3 is 2.47 bits per heavy atom. The summed E-state index contributed by atoms with van der Waals surface area (Å²) < 4.78 is 10.1. The van der Waals surface area contributed by atoms with Crippen LogP contribution >= 0.6 is 0 Å². The van der Waals surface area contributed by atoms with Crippen molar-refractivity contribution in [2.24, 2.45) is 0 Å². The topological polar surface area (TPSA) is 55.8 Å². The van der Waals surface area contributed by atoms with Crippen LogP contribution in [0.2, 0.25) is 0 Å². The highest BCUT2D eigenvalue weighted by atomic mass is 16.5. The van der Waals surface area contributed by atoms with Crippen LogP contribution in [0.15, 0.2) is 24.3 Å². The predicted octanol–water partition coefficient (Wildman–Crippen LogP) is 2.12. The molecule has 0 amide bonds. The van der Waals surface area contributed by atoms with Crippen molar-refractivity contribution in [3.63, 3.8) is 0 Å². The van der Waals surface area contributed by atoms with Crippen LogP contribution in [0.3, 0.4) is 0 Å². The van der Waals surface area contributed by atoms with Gasteiger partial charge in [-0.1, -0.05) is 25.5 Å². The number of methoxy groups -OCH3 is 1. The number of hydrogen-bond acceptors (Lipinski definition) is 3. The number of carboxylic acids is 1. The molecule has 1 N–H and O–H groups in total. The van der Waals surface area contributed by atoms with Gasteiger partial charge >= 0.3 is 5.97 Å². The third-order valence-corrected chi connectivity index (χ3v) is 2.33. The fourth-order valence-electron chi connectivity index (χ4n) is 1.49. The molecule has 0 bridgehead atoms. The van der Waals surface area contributed by atoms with E-state index in [0.29, 0.717) is 5.75 Å². The van der Waals surface area contributed by atoms with Gasteiger partial charge in [0, 0.05) is 7.11 Å². The molecular formula is C13H18O4. The fourth-order valence-corrected chi connectivity index (χ4v) is 1.49. The Bertz CT molecular complexity index is 345. The molecule has 1 aromatic carbocycles. The lowest BCUT2D eigenvalue weighted by atomic mass is 10.1. The summed E-state index contributed by atoms with van der Waals surface area (Å²) in [5.74, 6) is -0.473. The van der Waals surface area contributed by atoms with Crippen molar-refractivity contribution in [3.8, 4) is 5.75 Å². The summed E-state index contributed by atoms with van der Waals surface area (Å²) in [4.78, 5) is 10.9. The van der Waals surface area contributed by atoms with Crippen molar-refractivity contribution in [1.82, 2.24) is 0 Å². The molecule has 0 aliphatic carbocycles. The number of ether oxygens (including phenoxy) is 2. The van der Waals surface area contributed by atoms with Gasteiger partial charge in [-0.2, -0.15) is 0 Å². The summed E-state index contributed by atoms with van der Waals surface area (Å²) >= 11 is 0. The normalized spacial score (nSPS) is 12.1. The van der Waals surface area contributed by atoms with Crippen LogP contribution in [-0.4, -0.2) is 30.9 Å². The molecule has 4 heteroatoms. The molecule has 0 aliphatic heterocycles.